The molecule has 0 heterocycles. The molecule has 0 aromatic heterocycles. The summed E-state index contributed by atoms with van der Waals surface area (Å²) in [4.78, 5) is 2.20. The van der Waals surface area contributed by atoms with Crippen LogP contribution in [0.3, 0.4) is 0 Å². The molecule has 4 heteroatoms. The lowest BCUT2D eigenvalue weighted by Gasteiger charge is -2.25. The van der Waals surface area contributed by atoms with Crippen LogP contribution in [0.15, 0.2) is 0 Å². The smallest absolute Gasteiger partial charge is 0.0589 e. The molecule has 92 valence electrons. The highest BCUT2D eigenvalue weighted by molar-refractivity contribution is 4.71. The summed E-state index contributed by atoms with van der Waals surface area (Å²) in [5, 5.41) is 12.3. The average Bonchev–Trinajstić information content (AvgIpc) is 2.12. The van der Waals surface area contributed by atoms with Crippen LogP contribution in [0.2, 0.25) is 0 Å². The molecule has 0 fully saturated rings. The van der Waals surface area contributed by atoms with Gasteiger partial charge in [-0.1, -0.05) is 0 Å². The first-order valence-electron chi connectivity index (χ1n) is 5.57. The van der Waals surface area contributed by atoms with Crippen molar-refractivity contribution >= 4 is 0 Å². The van der Waals surface area contributed by atoms with Crippen molar-refractivity contribution in [1.29, 1.82) is 0 Å². The Labute approximate surface area is 93.6 Å². The predicted molar refractivity (Wildman–Crippen MR) is 63.2 cm³/mol. The summed E-state index contributed by atoms with van der Waals surface area (Å²) in [5.74, 6) is 0. The summed E-state index contributed by atoms with van der Waals surface area (Å²) in [6, 6.07) is 0. The number of rotatable bonds is 8. The molecule has 0 aliphatic carbocycles. The molecule has 2 N–H and O–H groups in total. The lowest BCUT2D eigenvalue weighted by molar-refractivity contribution is 0.130. The number of ether oxygens (including phenoxy) is 1. The molecule has 0 bridgehead atoms. The first-order valence-corrected chi connectivity index (χ1v) is 5.57. The zero-order chi connectivity index (χ0) is 11.7. The van der Waals surface area contributed by atoms with E-state index in [9.17, 15) is 0 Å². The molecule has 0 aliphatic rings. The van der Waals surface area contributed by atoms with Gasteiger partial charge >= 0.3 is 0 Å². The topological polar surface area (TPSA) is 44.7 Å². The Morgan fingerprint density at radius 3 is 2.33 bits per heavy atom. The Morgan fingerprint density at radius 1 is 1.20 bits per heavy atom. The van der Waals surface area contributed by atoms with Gasteiger partial charge in [0.15, 0.2) is 0 Å². The quantitative estimate of drug-likeness (QED) is 0.616. The lowest BCUT2D eigenvalue weighted by atomic mass is 10.1. The molecule has 0 aromatic rings. The monoisotopic (exact) mass is 218 g/mol. The zero-order valence-electron chi connectivity index (χ0n) is 10.5. The molecular formula is C11H26N2O2. The fourth-order valence-electron chi connectivity index (χ4n) is 1.29. The molecule has 0 rings (SSSR count). The summed E-state index contributed by atoms with van der Waals surface area (Å²) < 4.78 is 5.02. The van der Waals surface area contributed by atoms with Crippen molar-refractivity contribution in [3.8, 4) is 0 Å². The maximum Gasteiger partial charge on any atom is 0.0589 e. The zero-order valence-corrected chi connectivity index (χ0v) is 10.5. The van der Waals surface area contributed by atoms with Crippen molar-refractivity contribution < 1.29 is 9.84 Å². The Kier molecular flexibility index (Phi) is 7.96. The van der Waals surface area contributed by atoms with Gasteiger partial charge in [-0.2, -0.15) is 0 Å². The molecule has 0 amide bonds. The standard InChI is InChI=1S/C11H26N2O2/c1-11(2,3)12-5-6-13(7-9-14)8-10-15-4/h12,14H,5-10H2,1-4H3. The second-order valence-corrected chi connectivity index (χ2v) is 4.73. The molecule has 4 nitrogen and oxygen atoms in total. The average molecular weight is 218 g/mol. The number of hydrogen-bond acceptors (Lipinski definition) is 4. The second kappa shape index (κ2) is 8.05. The Bertz CT molecular complexity index is 146. The molecule has 0 atom stereocenters. The van der Waals surface area contributed by atoms with Gasteiger partial charge in [-0.05, 0) is 20.8 Å². The van der Waals surface area contributed by atoms with Crippen LogP contribution in [0.5, 0.6) is 0 Å². The minimum atomic E-state index is 0.159. The maximum absolute atomic E-state index is 8.89. The fraction of sp³-hybridized carbons (Fsp3) is 1.00. The molecule has 15 heavy (non-hydrogen) atoms. The molecule has 0 radical (unpaired) electrons. The highest BCUT2D eigenvalue weighted by atomic mass is 16.5. The van der Waals surface area contributed by atoms with Crippen molar-refractivity contribution in [2.75, 3.05) is 46.5 Å². The third-order valence-corrected chi connectivity index (χ3v) is 2.11. The van der Waals surface area contributed by atoms with E-state index in [1.807, 2.05) is 0 Å². The van der Waals surface area contributed by atoms with Gasteiger partial charge in [-0.15, -0.1) is 0 Å². The summed E-state index contributed by atoms with van der Waals surface area (Å²) in [5.41, 5.74) is 0.159. The van der Waals surface area contributed by atoms with E-state index >= 15 is 0 Å². The third kappa shape index (κ3) is 10.1. The van der Waals surface area contributed by atoms with Gasteiger partial charge in [0, 0.05) is 38.8 Å². The summed E-state index contributed by atoms with van der Waals surface area (Å²) >= 11 is 0. The normalized spacial score (nSPS) is 12.4. The largest absolute Gasteiger partial charge is 0.395 e. The minimum absolute atomic E-state index is 0.159. The van der Waals surface area contributed by atoms with Gasteiger partial charge in [-0.25, -0.2) is 0 Å². The van der Waals surface area contributed by atoms with Crippen molar-refractivity contribution in [3.63, 3.8) is 0 Å². The Balaban J connectivity index is 3.65. The van der Waals surface area contributed by atoms with Crippen molar-refractivity contribution in [3.05, 3.63) is 0 Å². The van der Waals surface area contributed by atoms with Crippen LogP contribution in [-0.4, -0.2) is 62.0 Å². The van der Waals surface area contributed by atoms with Crippen LogP contribution < -0.4 is 5.32 Å². The van der Waals surface area contributed by atoms with Crippen LogP contribution in [0.1, 0.15) is 20.8 Å². The highest BCUT2D eigenvalue weighted by Crippen LogP contribution is 1.97. The van der Waals surface area contributed by atoms with Crippen molar-refractivity contribution in [2.45, 2.75) is 26.3 Å². The van der Waals surface area contributed by atoms with E-state index in [4.69, 9.17) is 9.84 Å². The number of aliphatic hydroxyl groups excluding tert-OH is 1. The summed E-state index contributed by atoms with van der Waals surface area (Å²) in [7, 11) is 1.70. The Morgan fingerprint density at radius 2 is 1.87 bits per heavy atom. The number of hydrogen-bond donors (Lipinski definition) is 2. The molecule has 0 aromatic carbocycles. The first-order chi connectivity index (χ1) is 6.99. The highest BCUT2D eigenvalue weighted by Gasteiger charge is 2.09. The van der Waals surface area contributed by atoms with Crippen LogP contribution in [0.4, 0.5) is 0 Å². The molecule has 0 saturated carbocycles. The first kappa shape index (κ1) is 14.8. The van der Waals surface area contributed by atoms with Crippen LogP contribution >= 0.6 is 0 Å². The third-order valence-electron chi connectivity index (χ3n) is 2.11. The number of nitrogens with zero attached hydrogens (tertiary/aromatic N) is 1. The van der Waals surface area contributed by atoms with Gasteiger partial charge in [0.05, 0.1) is 13.2 Å². The number of nitrogens with one attached hydrogen (secondary N) is 1. The van der Waals surface area contributed by atoms with Crippen LogP contribution in [0, 0.1) is 0 Å². The predicted octanol–water partition coefficient (Wildman–Crippen LogP) is 0.315. The van der Waals surface area contributed by atoms with Gasteiger partial charge in [0.25, 0.3) is 0 Å². The second-order valence-electron chi connectivity index (χ2n) is 4.73. The molecule has 0 aliphatic heterocycles. The summed E-state index contributed by atoms with van der Waals surface area (Å²) in [6.45, 7) is 10.9. The van der Waals surface area contributed by atoms with E-state index in [1.165, 1.54) is 0 Å². The van der Waals surface area contributed by atoms with E-state index in [0.29, 0.717) is 0 Å². The van der Waals surface area contributed by atoms with Crippen molar-refractivity contribution in [2.24, 2.45) is 0 Å². The van der Waals surface area contributed by atoms with E-state index in [1.54, 1.807) is 7.11 Å². The summed E-state index contributed by atoms with van der Waals surface area (Å²) in [6.07, 6.45) is 0. The number of aliphatic hydroxyl groups is 1. The maximum atomic E-state index is 8.89. The van der Waals surface area contributed by atoms with Gasteiger partial charge in [-0.3, -0.25) is 4.90 Å². The minimum Gasteiger partial charge on any atom is -0.395 e. The van der Waals surface area contributed by atoms with Crippen molar-refractivity contribution in [1.82, 2.24) is 10.2 Å². The molecule has 0 unspecified atom stereocenters. The van der Waals surface area contributed by atoms with Gasteiger partial charge < -0.3 is 15.2 Å². The molecule has 0 spiro atoms. The molecular weight excluding hydrogens is 192 g/mol. The van der Waals surface area contributed by atoms with Crippen LogP contribution in [0.25, 0.3) is 0 Å². The van der Waals surface area contributed by atoms with E-state index < -0.39 is 0 Å². The van der Waals surface area contributed by atoms with Crippen LogP contribution in [-0.2, 0) is 4.74 Å². The Hall–Kier alpha value is -0.160. The lowest BCUT2D eigenvalue weighted by Crippen LogP contribution is -2.42. The SMILES string of the molecule is COCCN(CCO)CCNC(C)(C)C. The van der Waals surface area contributed by atoms with E-state index in [2.05, 4.69) is 31.0 Å². The fourth-order valence-corrected chi connectivity index (χ4v) is 1.29. The number of methoxy groups -OCH3 is 1. The van der Waals surface area contributed by atoms with Gasteiger partial charge in [0.2, 0.25) is 0 Å². The van der Waals surface area contributed by atoms with E-state index in [0.717, 1.165) is 32.8 Å². The van der Waals surface area contributed by atoms with E-state index in [-0.39, 0.29) is 12.1 Å². The molecule has 0 saturated heterocycles. The van der Waals surface area contributed by atoms with Gasteiger partial charge in [0.1, 0.15) is 0 Å².